The van der Waals surface area contributed by atoms with E-state index < -0.39 is 0 Å². The Morgan fingerprint density at radius 3 is 2.83 bits per heavy atom. The Morgan fingerprint density at radius 1 is 1.39 bits per heavy atom. The molecule has 0 radical (unpaired) electrons. The van der Waals surface area contributed by atoms with Crippen LogP contribution in [0.15, 0.2) is 32.8 Å². The molecule has 0 aliphatic rings. The first-order valence-electron chi connectivity index (χ1n) is 5.23. The van der Waals surface area contributed by atoms with Gasteiger partial charge in [0.15, 0.2) is 0 Å². The molecule has 94 valence electrons. The fraction of sp³-hybridized carbons (Fsp3) is 0.182. The third-order valence-electron chi connectivity index (χ3n) is 2.20. The molecule has 0 saturated carbocycles. The monoisotopic (exact) mass is 327 g/mol. The number of carbonyl (C=O) groups excluding carboxylic acids is 1. The lowest BCUT2D eigenvalue weighted by Gasteiger charge is -2.02. The number of hydrogen-bond acceptors (Lipinski definition) is 4. The molecule has 0 unspecified atom stereocenters. The van der Waals surface area contributed by atoms with Crippen LogP contribution in [0.25, 0.3) is 0 Å². The first kappa shape index (κ1) is 13.0. The summed E-state index contributed by atoms with van der Waals surface area (Å²) in [5.41, 5.74) is -0.114. The van der Waals surface area contributed by atoms with E-state index in [-0.39, 0.29) is 17.2 Å². The molecule has 1 amide bonds. The summed E-state index contributed by atoms with van der Waals surface area (Å²) in [6.07, 6.45) is 0.769. The zero-order valence-electron chi connectivity index (χ0n) is 9.27. The lowest BCUT2D eigenvalue weighted by Crippen LogP contribution is -2.27. The number of aromatic nitrogens is 2. The van der Waals surface area contributed by atoms with E-state index in [0.29, 0.717) is 6.54 Å². The molecule has 0 spiro atoms. The van der Waals surface area contributed by atoms with Crippen LogP contribution in [0.1, 0.15) is 15.4 Å². The van der Waals surface area contributed by atoms with Crippen molar-refractivity contribution in [2.24, 2.45) is 0 Å². The number of carbonyl (C=O) groups is 1. The Balaban J connectivity index is 1.85. The Hall–Kier alpha value is -1.47. The first-order chi connectivity index (χ1) is 8.65. The summed E-state index contributed by atoms with van der Waals surface area (Å²) in [7, 11) is 0. The van der Waals surface area contributed by atoms with Crippen LogP contribution in [0, 0.1) is 0 Å². The highest BCUT2D eigenvalue weighted by Crippen LogP contribution is 2.21. The highest BCUT2D eigenvalue weighted by atomic mass is 79.9. The number of thiophene rings is 1. The smallest absolute Gasteiger partial charge is 0.271 e. The van der Waals surface area contributed by atoms with Crippen molar-refractivity contribution in [1.82, 2.24) is 15.5 Å². The second-order valence-electron chi connectivity index (χ2n) is 3.52. The van der Waals surface area contributed by atoms with Gasteiger partial charge < -0.3 is 5.32 Å². The van der Waals surface area contributed by atoms with Gasteiger partial charge in [0.25, 0.3) is 11.5 Å². The lowest BCUT2D eigenvalue weighted by molar-refractivity contribution is 0.0948. The standard InChI is InChI=1S/C11H10BrN3O2S/c12-9-3-1-7(18-9)5-6-13-11(17)8-2-4-10(16)15-14-8/h1-4H,5-6H2,(H,13,17)(H,15,16). The summed E-state index contributed by atoms with van der Waals surface area (Å²) >= 11 is 5.02. The molecule has 2 rings (SSSR count). The van der Waals surface area contributed by atoms with Crippen LogP contribution in [-0.2, 0) is 6.42 Å². The molecule has 18 heavy (non-hydrogen) atoms. The van der Waals surface area contributed by atoms with Crippen LogP contribution in [0.4, 0.5) is 0 Å². The van der Waals surface area contributed by atoms with Gasteiger partial charge in [-0.3, -0.25) is 9.59 Å². The van der Waals surface area contributed by atoms with Crippen LogP contribution in [0.5, 0.6) is 0 Å². The van der Waals surface area contributed by atoms with Crippen molar-refractivity contribution >= 4 is 33.2 Å². The lowest BCUT2D eigenvalue weighted by atomic mass is 10.3. The Bertz CT molecular complexity index is 588. The summed E-state index contributed by atoms with van der Waals surface area (Å²) in [6.45, 7) is 0.534. The van der Waals surface area contributed by atoms with Crippen molar-refractivity contribution in [3.05, 3.63) is 49.0 Å². The number of rotatable bonds is 4. The molecule has 0 aliphatic carbocycles. The normalized spacial score (nSPS) is 10.3. The molecule has 2 aromatic rings. The van der Waals surface area contributed by atoms with Crippen LogP contribution in [0.2, 0.25) is 0 Å². The number of H-pyrrole nitrogens is 1. The number of hydrogen-bond donors (Lipinski definition) is 2. The SMILES string of the molecule is O=C(NCCc1ccc(Br)s1)c1ccc(=O)[nH]n1. The van der Waals surface area contributed by atoms with E-state index in [1.165, 1.54) is 17.0 Å². The predicted molar refractivity (Wildman–Crippen MR) is 72.9 cm³/mol. The minimum absolute atomic E-state index is 0.210. The maximum Gasteiger partial charge on any atom is 0.271 e. The average Bonchev–Trinajstić information content (AvgIpc) is 2.76. The second kappa shape index (κ2) is 5.92. The van der Waals surface area contributed by atoms with E-state index in [2.05, 4.69) is 31.4 Å². The number of halogens is 1. The molecule has 0 aliphatic heterocycles. The zero-order valence-corrected chi connectivity index (χ0v) is 11.7. The fourth-order valence-electron chi connectivity index (χ4n) is 1.35. The molecule has 0 aromatic carbocycles. The van der Waals surface area contributed by atoms with Crippen molar-refractivity contribution in [2.45, 2.75) is 6.42 Å². The predicted octanol–water partition coefficient (Wildman–Crippen LogP) is 1.57. The van der Waals surface area contributed by atoms with Gasteiger partial charge >= 0.3 is 0 Å². The maximum atomic E-state index is 11.6. The summed E-state index contributed by atoms with van der Waals surface area (Å²) in [6, 6.07) is 6.67. The summed E-state index contributed by atoms with van der Waals surface area (Å²) in [5.74, 6) is -0.290. The molecular weight excluding hydrogens is 318 g/mol. The minimum atomic E-state index is -0.324. The van der Waals surface area contributed by atoms with E-state index in [4.69, 9.17) is 0 Å². The van der Waals surface area contributed by atoms with Gasteiger partial charge in [-0.25, -0.2) is 5.10 Å². The highest BCUT2D eigenvalue weighted by Gasteiger charge is 2.06. The molecule has 7 heteroatoms. The molecule has 2 aromatic heterocycles. The van der Waals surface area contributed by atoms with Crippen molar-refractivity contribution < 1.29 is 4.79 Å². The van der Waals surface area contributed by atoms with Crippen LogP contribution in [-0.4, -0.2) is 22.6 Å². The van der Waals surface area contributed by atoms with Crippen molar-refractivity contribution in [3.8, 4) is 0 Å². The van der Waals surface area contributed by atoms with Gasteiger partial charge in [0.05, 0.1) is 3.79 Å². The second-order valence-corrected chi connectivity index (χ2v) is 6.07. The number of aromatic amines is 1. The molecule has 5 nitrogen and oxygen atoms in total. The fourth-order valence-corrected chi connectivity index (χ4v) is 2.83. The molecule has 0 saturated heterocycles. The average molecular weight is 328 g/mol. The van der Waals surface area contributed by atoms with Crippen molar-refractivity contribution in [2.75, 3.05) is 6.54 Å². The largest absolute Gasteiger partial charge is 0.350 e. The van der Waals surface area contributed by atoms with Crippen LogP contribution < -0.4 is 10.9 Å². The topological polar surface area (TPSA) is 74.8 Å². The molecule has 0 fully saturated rings. The molecular formula is C11H10BrN3O2S. The quantitative estimate of drug-likeness (QED) is 0.895. The van der Waals surface area contributed by atoms with Gasteiger partial charge in [-0.15, -0.1) is 11.3 Å². The highest BCUT2D eigenvalue weighted by molar-refractivity contribution is 9.11. The summed E-state index contributed by atoms with van der Waals surface area (Å²) < 4.78 is 1.08. The maximum absolute atomic E-state index is 11.6. The molecule has 0 bridgehead atoms. The number of amides is 1. The van der Waals surface area contributed by atoms with Crippen molar-refractivity contribution in [3.63, 3.8) is 0 Å². The minimum Gasteiger partial charge on any atom is -0.350 e. The van der Waals surface area contributed by atoms with Gasteiger partial charge in [-0.2, -0.15) is 5.10 Å². The number of nitrogens with zero attached hydrogens (tertiary/aromatic N) is 1. The van der Waals surface area contributed by atoms with Gasteiger partial charge in [-0.05, 0) is 40.5 Å². The van der Waals surface area contributed by atoms with Crippen LogP contribution >= 0.6 is 27.3 Å². The van der Waals surface area contributed by atoms with E-state index in [0.717, 1.165) is 10.2 Å². The summed E-state index contributed by atoms with van der Waals surface area (Å²) in [4.78, 5) is 23.6. The molecule has 0 atom stereocenters. The van der Waals surface area contributed by atoms with E-state index in [1.54, 1.807) is 11.3 Å². The van der Waals surface area contributed by atoms with Crippen LogP contribution in [0.3, 0.4) is 0 Å². The Labute approximate surface area is 115 Å². The Morgan fingerprint density at radius 2 is 2.22 bits per heavy atom. The Kier molecular flexibility index (Phi) is 4.27. The zero-order chi connectivity index (χ0) is 13.0. The third kappa shape index (κ3) is 3.51. The van der Waals surface area contributed by atoms with Gasteiger partial charge in [0, 0.05) is 17.5 Å². The molecule has 2 heterocycles. The van der Waals surface area contributed by atoms with Crippen molar-refractivity contribution in [1.29, 1.82) is 0 Å². The first-order valence-corrected chi connectivity index (χ1v) is 6.84. The van der Waals surface area contributed by atoms with Gasteiger partial charge in [0.1, 0.15) is 5.69 Å². The van der Waals surface area contributed by atoms with Gasteiger partial charge in [0.2, 0.25) is 0 Å². The van der Waals surface area contributed by atoms with E-state index >= 15 is 0 Å². The summed E-state index contributed by atoms with van der Waals surface area (Å²) in [5, 5.41) is 8.62. The van der Waals surface area contributed by atoms with E-state index in [9.17, 15) is 9.59 Å². The third-order valence-corrected chi connectivity index (χ3v) is 3.88. The number of nitrogens with one attached hydrogen (secondary N) is 2. The molecule has 2 N–H and O–H groups in total. The van der Waals surface area contributed by atoms with E-state index in [1.807, 2.05) is 12.1 Å². The van der Waals surface area contributed by atoms with Gasteiger partial charge in [-0.1, -0.05) is 0 Å².